The highest BCUT2D eigenvalue weighted by Crippen LogP contribution is 2.28. The minimum absolute atomic E-state index is 0.178. The minimum Gasteiger partial charge on any atom is -0.495 e. The van der Waals surface area contributed by atoms with Gasteiger partial charge in [-0.1, -0.05) is 29.3 Å². The molecule has 0 aliphatic carbocycles. The molecule has 4 heteroatoms. The summed E-state index contributed by atoms with van der Waals surface area (Å²) >= 11 is 5.95. The largest absolute Gasteiger partial charge is 0.495 e. The minimum atomic E-state index is -0.178. The molecule has 20 heavy (non-hydrogen) atoms. The summed E-state index contributed by atoms with van der Waals surface area (Å²) in [6.45, 7) is 3.91. The lowest BCUT2D eigenvalue weighted by molar-refractivity contribution is 0.102. The summed E-state index contributed by atoms with van der Waals surface area (Å²) in [5.74, 6) is 0.399. The van der Waals surface area contributed by atoms with E-state index in [0.29, 0.717) is 22.0 Å². The summed E-state index contributed by atoms with van der Waals surface area (Å²) in [6, 6.07) is 10.8. The van der Waals surface area contributed by atoms with Gasteiger partial charge in [0.1, 0.15) is 5.75 Å². The maximum atomic E-state index is 12.3. The van der Waals surface area contributed by atoms with Gasteiger partial charge in [-0.15, -0.1) is 0 Å². The number of amides is 1. The molecule has 2 rings (SSSR count). The molecule has 1 amide bonds. The van der Waals surface area contributed by atoms with Crippen molar-refractivity contribution in [2.45, 2.75) is 13.8 Å². The van der Waals surface area contributed by atoms with Crippen molar-refractivity contribution >= 4 is 23.2 Å². The molecule has 0 saturated heterocycles. The monoisotopic (exact) mass is 289 g/mol. The average molecular weight is 290 g/mol. The third-order valence-corrected chi connectivity index (χ3v) is 3.27. The Morgan fingerprint density at radius 1 is 1.15 bits per heavy atom. The quantitative estimate of drug-likeness (QED) is 0.919. The summed E-state index contributed by atoms with van der Waals surface area (Å²) in [7, 11) is 1.55. The lowest BCUT2D eigenvalue weighted by Crippen LogP contribution is -2.14. The first-order chi connectivity index (χ1) is 9.51. The van der Waals surface area contributed by atoms with Gasteiger partial charge in [-0.3, -0.25) is 4.79 Å². The van der Waals surface area contributed by atoms with Crippen LogP contribution < -0.4 is 10.1 Å². The zero-order valence-corrected chi connectivity index (χ0v) is 12.4. The SMILES string of the molecule is COc1ccc(Cl)cc1NC(=O)c1ccc(C)cc1C. The number of aryl methyl sites for hydroxylation is 2. The van der Waals surface area contributed by atoms with E-state index in [9.17, 15) is 4.79 Å². The Labute approximate surface area is 123 Å². The van der Waals surface area contributed by atoms with E-state index in [1.165, 1.54) is 0 Å². The van der Waals surface area contributed by atoms with Crippen molar-refractivity contribution in [3.63, 3.8) is 0 Å². The number of carbonyl (C=O) groups is 1. The number of carbonyl (C=O) groups excluding carboxylic acids is 1. The number of hydrogen-bond acceptors (Lipinski definition) is 2. The van der Waals surface area contributed by atoms with Gasteiger partial charge in [0.05, 0.1) is 12.8 Å². The highest BCUT2D eigenvalue weighted by molar-refractivity contribution is 6.31. The maximum absolute atomic E-state index is 12.3. The van der Waals surface area contributed by atoms with Crippen molar-refractivity contribution in [1.29, 1.82) is 0 Å². The lowest BCUT2D eigenvalue weighted by atomic mass is 10.1. The van der Waals surface area contributed by atoms with Crippen molar-refractivity contribution in [3.8, 4) is 5.75 Å². The molecule has 0 bridgehead atoms. The van der Waals surface area contributed by atoms with Gasteiger partial charge in [-0.2, -0.15) is 0 Å². The van der Waals surface area contributed by atoms with Crippen LogP contribution in [0.5, 0.6) is 5.75 Å². The highest BCUT2D eigenvalue weighted by atomic mass is 35.5. The first kappa shape index (κ1) is 14.4. The van der Waals surface area contributed by atoms with Crippen LogP contribution in [0.15, 0.2) is 36.4 Å². The zero-order chi connectivity index (χ0) is 14.7. The van der Waals surface area contributed by atoms with E-state index in [0.717, 1.165) is 11.1 Å². The smallest absolute Gasteiger partial charge is 0.256 e. The molecule has 0 fully saturated rings. The Balaban J connectivity index is 2.30. The van der Waals surface area contributed by atoms with Crippen LogP contribution in [-0.2, 0) is 0 Å². The molecule has 0 saturated carbocycles. The predicted molar refractivity (Wildman–Crippen MR) is 81.9 cm³/mol. The number of nitrogens with one attached hydrogen (secondary N) is 1. The normalized spacial score (nSPS) is 10.2. The van der Waals surface area contributed by atoms with Crippen molar-refractivity contribution in [2.75, 3.05) is 12.4 Å². The Hall–Kier alpha value is -2.00. The van der Waals surface area contributed by atoms with E-state index in [1.54, 1.807) is 25.3 Å². The molecule has 0 heterocycles. The summed E-state index contributed by atoms with van der Waals surface area (Å²) in [4.78, 5) is 12.3. The molecule has 2 aromatic rings. The van der Waals surface area contributed by atoms with E-state index >= 15 is 0 Å². The third-order valence-electron chi connectivity index (χ3n) is 3.04. The van der Waals surface area contributed by atoms with Gasteiger partial charge in [-0.05, 0) is 43.7 Å². The van der Waals surface area contributed by atoms with Gasteiger partial charge < -0.3 is 10.1 Å². The number of methoxy groups -OCH3 is 1. The number of rotatable bonds is 3. The topological polar surface area (TPSA) is 38.3 Å². The van der Waals surface area contributed by atoms with Crippen LogP contribution in [0.3, 0.4) is 0 Å². The van der Waals surface area contributed by atoms with E-state index in [2.05, 4.69) is 5.32 Å². The first-order valence-electron chi connectivity index (χ1n) is 6.23. The summed E-state index contributed by atoms with van der Waals surface area (Å²) in [5, 5.41) is 3.37. The van der Waals surface area contributed by atoms with Crippen molar-refractivity contribution < 1.29 is 9.53 Å². The molecule has 0 aromatic heterocycles. The number of halogens is 1. The number of benzene rings is 2. The van der Waals surface area contributed by atoms with Crippen molar-refractivity contribution in [2.24, 2.45) is 0 Å². The molecule has 1 N–H and O–H groups in total. The van der Waals surface area contributed by atoms with Crippen LogP contribution in [0.1, 0.15) is 21.5 Å². The van der Waals surface area contributed by atoms with Gasteiger partial charge in [0.15, 0.2) is 0 Å². The first-order valence-corrected chi connectivity index (χ1v) is 6.61. The van der Waals surface area contributed by atoms with Gasteiger partial charge in [0.25, 0.3) is 5.91 Å². The number of anilines is 1. The fraction of sp³-hybridized carbons (Fsp3) is 0.188. The summed E-state index contributed by atoms with van der Waals surface area (Å²) < 4.78 is 5.21. The molecule has 0 radical (unpaired) electrons. The van der Waals surface area contributed by atoms with Crippen molar-refractivity contribution in [3.05, 3.63) is 58.1 Å². The zero-order valence-electron chi connectivity index (χ0n) is 11.7. The van der Waals surface area contributed by atoms with Crippen LogP contribution in [0.4, 0.5) is 5.69 Å². The molecule has 0 aliphatic rings. The van der Waals surface area contributed by atoms with Gasteiger partial charge in [-0.25, -0.2) is 0 Å². The molecule has 0 spiro atoms. The average Bonchev–Trinajstić information content (AvgIpc) is 2.38. The Kier molecular flexibility index (Phi) is 4.30. The van der Waals surface area contributed by atoms with Crippen molar-refractivity contribution in [1.82, 2.24) is 0 Å². The standard InChI is InChI=1S/C16H16ClNO2/c1-10-4-6-13(11(2)8-10)16(19)18-14-9-12(17)5-7-15(14)20-3/h4-9H,1-3H3,(H,18,19). The lowest BCUT2D eigenvalue weighted by Gasteiger charge is -2.12. The van der Waals surface area contributed by atoms with Crippen LogP contribution >= 0.6 is 11.6 Å². The van der Waals surface area contributed by atoms with Gasteiger partial charge in [0, 0.05) is 10.6 Å². The van der Waals surface area contributed by atoms with Crippen LogP contribution in [-0.4, -0.2) is 13.0 Å². The van der Waals surface area contributed by atoms with E-state index < -0.39 is 0 Å². The second-order valence-electron chi connectivity index (χ2n) is 4.62. The second-order valence-corrected chi connectivity index (χ2v) is 5.05. The van der Waals surface area contributed by atoms with Gasteiger partial charge >= 0.3 is 0 Å². The third kappa shape index (κ3) is 3.11. The summed E-state index contributed by atoms with van der Waals surface area (Å²) in [6.07, 6.45) is 0. The van der Waals surface area contributed by atoms with Crippen LogP contribution in [0.2, 0.25) is 5.02 Å². The summed E-state index contributed by atoms with van der Waals surface area (Å²) in [5.41, 5.74) is 3.26. The predicted octanol–water partition coefficient (Wildman–Crippen LogP) is 4.22. The Morgan fingerprint density at radius 2 is 1.90 bits per heavy atom. The number of ether oxygens (including phenoxy) is 1. The molecular formula is C16H16ClNO2. The molecular weight excluding hydrogens is 274 g/mol. The van der Waals surface area contributed by atoms with E-state index in [1.807, 2.05) is 32.0 Å². The van der Waals surface area contributed by atoms with Crippen LogP contribution in [0, 0.1) is 13.8 Å². The maximum Gasteiger partial charge on any atom is 0.256 e. The molecule has 0 atom stereocenters. The van der Waals surface area contributed by atoms with Crippen LogP contribution in [0.25, 0.3) is 0 Å². The molecule has 0 aliphatic heterocycles. The fourth-order valence-electron chi connectivity index (χ4n) is 2.04. The molecule has 3 nitrogen and oxygen atoms in total. The highest BCUT2D eigenvalue weighted by Gasteiger charge is 2.12. The Bertz CT molecular complexity index is 653. The van der Waals surface area contributed by atoms with E-state index in [4.69, 9.17) is 16.3 Å². The second kappa shape index (κ2) is 5.97. The molecule has 104 valence electrons. The number of hydrogen-bond donors (Lipinski definition) is 1. The Morgan fingerprint density at radius 3 is 2.55 bits per heavy atom. The molecule has 0 unspecified atom stereocenters. The van der Waals surface area contributed by atoms with Gasteiger partial charge in [0.2, 0.25) is 0 Å². The fourth-order valence-corrected chi connectivity index (χ4v) is 2.21. The van der Waals surface area contributed by atoms with E-state index in [-0.39, 0.29) is 5.91 Å². The molecule has 2 aromatic carbocycles.